The number of halogens is 1. The van der Waals surface area contributed by atoms with Gasteiger partial charge in [0.2, 0.25) is 6.39 Å². The standard InChI is InChI=1S/C7H8ClN5O/c1-5(7-9-4-14-12-7)13-3-10-11-6(13)2-8/h3-5H,2H2,1H3. The molecule has 6 nitrogen and oxygen atoms in total. The summed E-state index contributed by atoms with van der Waals surface area (Å²) in [5.41, 5.74) is 0. The van der Waals surface area contributed by atoms with Gasteiger partial charge in [-0.05, 0) is 6.92 Å². The highest BCUT2D eigenvalue weighted by Crippen LogP contribution is 2.15. The van der Waals surface area contributed by atoms with Gasteiger partial charge in [0.05, 0.1) is 11.9 Å². The molecule has 0 aromatic carbocycles. The molecule has 0 bridgehead atoms. The maximum Gasteiger partial charge on any atom is 0.213 e. The van der Waals surface area contributed by atoms with Gasteiger partial charge in [-0.15, -0.1) is 21.8 Å². The van der Waals surface area contributed by atoms with Crippen molar-refractivity contribution in [2.45, 2.75) is 18.8 Å². The number of rotatable bonds is 3. The van der Waals surface area contributed by atoms with Crippen molar-refractivity contribution >= 4 is 11.6 Å². The maximum absolute atomic E-state index is 5.69. The third-order valence-electron chi connectivity index (χ3n) is 1.94. The summed E-state index contributed by atoms with van der Waals surface area (Å²) in [4.78, 5) is 3.95. The fraction of sp³-hybridized carbons (Fsp3) is 0.429. The summed E-state index contributed by atoms with van der Waals surface area (Å²) in [6.07, 6.45) is 2.88. The molecule has 0 saturated carbocycles. The first-order valence-electron chi connectivity index (χ1n) is 4.03. The first kappa shape index (κ1) is 9.14. The molecule has 2 aromatic heterocycles. The Labute approximate surface area is 84.9 Å². The van der Waals surface area contributed by atoms with Gasteiger partial charge in [-0.2, -0.15) is 4.98 Å². The fourth-order valence-electron chi connectivity index (χ4n) is 1.17. The largest absolute Gasteiger partial charge is 0.343 e. The van der Waals surface area contributed by atoms with Gasteiger partial charge >= 0.3 is 0 Å². The van der Waals surface area contributed by atoms with Crippen molar-refractivity contribution in [2.75, 3.05) is 0 Å². The van der Waals surface area contributed by atoms with Crippen molar-refractivity contribution in [3.8, 4) is 0 Å². The predicted octanol–water partition coefficient (Wildman–Crippen LogP) is 1.01. The lowest BCUT2D eigenvalue weighted by molar-refractivity contribution is 0.400. The molecule has 2 heterocycles. The molecule has 0 radical (unpaired) electrons. The van der Waals surface area contributed by atoms with Crippen LogP contribution in [0.4, 0.5) is 0 Å². The summed E-state index contributed by atoms with van der Waals surface area (Å²) in [5.74, 6) is 1.57. The molecule has 1 atom stereocenters. The quantitative estimate of drug-likeness (QED) is 0.712. The van der Waals surface area contributed by atoms with Crippen LogP contribution in [-0.4, -0.2) is 24.9 Å². The first-order chi connectivity index (χ1) is 6.83. The van der Waals surface area contributed by atoms with E-state index in [1.165, 1.54) is 6.39 Å². The van der Waals surface area contributed by atoms with Gasteiger partial charge in [0.1, 0.15) is 12.2 Å². The molecule has 2 aromatic rings. The lowest BCUT2D eigenvalue weighted by atomic mass is 10.3. The van der Waals surface area contributed by atoms with E-state index in [2.05, 4.69) is 24.9 Å². The Morgan fingerprint density at radius 1 is 1.64 bits per heavy atom. The minimum atomic E-state index is -0.0718. The van der Waals surface area contributed by atoms with Crippen molar-refractivity contribution in [1.82, 2.24) is 24.9 Å². The molecule has 0 saturated heterocycles. The van der Waals surface area contributed by atoms with E-state index in [0.717, 1.165) is 0 Å². The number of aromatic nitrogens is 5. The summed E-state index contributed by atoms with van der Waals surface area (Å²) < 4.78 is 6.46. The van der Waals surface area contributed by atoms with Gasteiger partial charge in [-0.1, -0.05) is 5.16 Å². The van der Waals surface area contributed by atoms with Crippen molar-refractivity contribution in [1.29, 1.82) is 0 Å². The van der Waals surface area contributed by atoms with Crippen molar-refractivity contribution < 1.29 is 4.52 Å². The van der Waals surface area contributed by atoms with Crippen LogP contribution in [0.15, 0.2) is 17.2 Å². The van der Waals surface area contributed by atoms with Crippen LogP contribution < -0.4 is 0 Å². The Morgan fingerprint density at radius 3 is 3.14 bits per heavy atom. The zero-order valence-corrected chi connectivity index (χ0v) is 8.22. The van der Waals surface area contributed by atoms with Crippen LogP contribution in [0.3, 0.4) is 0 Å². The Bertz CT molecular complexity index is 398. The molecule has 0 aliphatic carbocycles. The Kier molecular flexibility index (Phi) is 2.45. The number of hydrogen-bond acceptors (Lipinski definition) is 5. The normalized spacial score (nSPS) is 13.0. The second kappa shape index (κ2) is 3.75. The molecule has 0 aliphatic heterocycles. The molecule has 0 spiro atoms. The lowest BCUT2D eigenvalue weighted by Gasteiger charge is -2.09. The van der Waals surface area contributed by atoms with Crippen molar-refractivity contribution in [2.24, 2.45) is 0 Å². The SMILES string of the molecule is CC(c1ncon1)n1cnnc1CCl. The van der Waals surface area contributed by atoms with Gasteiger partial charge in [0, 0.05) is 0 Å². The topological polar surface area (TPSA) is 69.6 Å². The molecule has 2 rings (SSSR count). The molecule has 0 amide bonds. The van der Waals surface area contributed by atoms with E-state index in [0.29, 0.717) is 17.5 Å². The van der Waals surface area contributed by atoms with Gasteiger partial charge in [-0.25, -0.2) is 0 Å². The van der Waals surface area contributed by atoms with Crippen LogP contribution in [-0.2, 0) is 5.88 Å². The third-order valence-corrected chi connectivity index (χ3v) is 2.18. The Hall–Kier alpha value is -1.43. The average Bonchev–Trinajstić information content (AvgIpc) is 2.87. The van der Waals surface area contributed by atoms with E-state index in [1.54, 1.807) is 10.9 Å². The molecule has 74 valence electrons. The molecule has 0 fully saturated rings. The van der Waals surface area contributed by atoms with E-state index < -0.39 is 0 Å². The van der Waals surface area contributed by atoms with Crippen molar-refractivity contribution in [3.63, 3.8) is 0 Å². The van der Waals surface area contributed by atoms with E-state index >= 15 is 0 Å². The maximum atomic E-state index is 5.69. The third kappa shape index (κ3) is 1.48. The molecule has 1 unspecified atom stereocenters. The summed E-state index contributed by atoms with van der Waals surface area (Å²) in [7, 11) is 0. The minimum absolute atomic E-state index is 0.0718. The van der Waals surface area contributed by atoms with Gasteiger partial charge < -0.3 is 9.09 Å². The smallest absolute Gasteiger partial charge is 0.213 e. The Balaban J connectivity index is 2.31. The fourth-order valence-corrected chi connectivity index (χ4v) is 1.36. The van der Waals surface area contributed by atoms with Gasteiger partial charge in [-0.3, -0.25) is 0 Å². The summed E-state index contributed by atoms with van der Waals surface area (Å²) in [5, 5.41) is 11.4. The first-order valence-corrected chi connectivity index (χ1v) is 4.57. The highest BCUT2D eigenvalue weighted by atomic mass is 35.5. The molecule has 7 heteroatoms. The van der Waals surface area contributed by atoms with E-state index in [-0.39, 0.29) is 6.04 Å². The van der Waals surface area contributed by atoms with Crippen LogP contribution in [0.25, 0.3) is 0 Å². The number of hydrogen-bond donors (Lipinski definition) is 0. The summed E-state index contributed by atoms with van der Waals surface area (Å²) in [6.45, 7) is 1.92. The molecule has 0 aliphatic rings. The zero-order valence-electron chi connectivity index (χ0n) is 7.46. The number of alkyl halides is 1. The summed E-state index contributed by atoms with van der Waals surface area (Å²) >= 11 is 5.69. The second-order valence-corrected chi connectivity index (χ2v) is 3.02. The van der Waals surface area contributed by atoms with Crippen LogP contribution in [0.1, 0.15) is 24.6 Å². The van der Waals surface area contributed by atoms with Crippen LogP contribution >= 0.6 is 11.6 Å². The number of nitrogens with zero attached hydrogens (tertiary/aromatic N) is 5. The highest BCUT2D eigenvalue weighted by Gasteiger charge is 2.15. The monoisotopic (exact) mass is 213 g/mol. The van der Waals surface area contributed by atoms with Crippen molar-refractivity contribution in [3.05, 3.63) is 24.4 Å². The van der Waals surface area contributed by atoms with Crippen LogP contribution in [0.5, 0.6) is 0 Å². The predicted molar refractivity (Wildman–Crippen MR) is 47.7 cm³/mol. The van der Waals surface area contributed by atoms with E-state index in [9.17, 15) is 0 Å². The molecular weight excluding hydrogens is 206 g/mol. The molecule has 0 N–H and O–H groups in total. The highest BCUT2D eigenvalue weighted by molar-refractivity contribution is 6.16. The van der Waals surface area contributed by atoms with E-state index in [4.69, 9.17) is 11.6 Å². The Morgan fingerprint density at radius 2 is 2.50 bits per heavy atom. The van der Waals surface area contributed by atoms with Crippen LogP contribution in [0, 0.1) is 0 Å². The average molecular weight is 214 g/mol. The minimum Gasteiger partial charge on any atom is -0.343 e. The summed E-state index contributed by atoms with van der Waals surface area (Å²) in [6, 6.07) is -0.0718. The molecular formula is C7H8ClN5O. The van der Waals surface area contributed by atoms with Crippen LogP contribution in [0.2, 0.25) is 0 Å². The lowest BCUT2D eigenvalue weighted by Crippen LogP contribution is -2.10. The van der Waals surface area contributed by atoms with Gasteiger partial charge in [0.25, 0.3) is 0 Å². The van der Waals surface area contributed by atoms with Gasteiger partial charge in [0.15, 0.2) is 5.82 Å². The zero-order chi connectivity index (χ0) is 9.97. The second-order valence-electron chi connectivity index (χ2n) is 2.75. The van der Waals surface area contributed by atoms with E-state index in [1.807, 2.05) is 6.92 Å². The molecule has 14 heavy (non-hydrogen) atoms.